The van der Waals surface area contributed by atoms with Gasteiger partial charge in [-0.05, 0) is 58.6 Å². The van der Waals surface area contributed by atoms with Gasteiger partial charge in [-0.3, -0.25) is 0 Å². The zero-order valence-electron chi connectivity index (χ0n) is 10.1. The first-order chi connectivity index (χ1) is 7.61. The van der Waals surface area contributed by atoms with E-state index in [1.807, 2.05) is 0 Å². The zero-order valence-corrected chi connectivity index (χ0v) is 11.7. The molecule has 0 N–H and O–H groups in total. The Hall–Kier alpha value is -0.540. The van der Waals surface area contributed by atoms with Gasteiger partial charge >= 0.3 is 0 Å². The zero-order chi connectivity index (χ0) is 11.7. The second-order valence-electron chi connectivity index (χ2n) is 4.60. The largest absolute Gasteiger partial charge is 0.496 e. The summed E-state index contributed by atoms with van der Waals surface area (Å²) in [7, 11) is 3.91. The van der Waals surface area contributed by atoms with Crippen molar-refractivity contribution in [2.45, 2.75) is 19.3 Å². The van der Waals surface area contributed by atoms with E-state index >= 15 is 0 Å². The number of likely N-dealkylation sites (N-methyl/N-ethyl adjacent to an activating group) is 1. The minimum absolute atomic E-state index is 0.588. The summed E-state index contributed by atoms with van der Waals surface area (Å²) in [6.07, 6.45) is 1.11. The molecule has 1 unspecified atom stereocenters. The lowest BCUT2D eigenvalue weighted by Gasteiger charge is -2.17. The summed E-state index contributed by atoms with van der Waals surface area (Å²) in [5.41, 5.74) is 2.88. The van der Waals surface area contributed by atoms with Crippen LogP contribution in [0, 0.1) is 0 Å². The Morgan fingerprint density at radius 3 is 2.88 bits per heavy atom. The first kappa shape index (κ1) is 11.9. The number of halogens is 1. The summed E-state index contributed by atoms with van der Waals surface area (Å²) in [5.74, 6) is 1.53. The standard InChI is InChI=1S/C13H18BrNO/c1-9-8-15(2)5-4-10-6-13(16-3)12(14)7-11(9)10/h6-7,9H,4-5,8H2,1-3H3. The fourth-order valence-electron chi connectivity index (χ4n) is 2.41. The molecular formula is C13H18BrNO. The second-order valence-corrected chi connectivity index (χ2v) is 5.45. The molecule has 1 heterocycles. The molecule has 0 amide bonds. The molecule has 0 saturated heterocycles. The third-order valence-corrected chi connectivity index (χ3v) is 3.91. The van der Waals surface area contributed by atoms with Crippen LogP contribution in [0.25, 0.3) is 0 Å². The first-order valence-electron chi connectivity index (χ1n) is 5.66. The van der Waals surface area contributed by atoms with Gasteiger partial charge in [-0.25, -0.2) is 0 Å². The van der Waals surface area contributed by atoms with Crippen LogP contribution in [0.5, 0.6) is 5.75 Å². The number of fused-ring (bicyclic) bond motifs is 1. The highest BCUT2D eigenvalue weighted by Gasteiger charge is 2.19. The maximum atomic E-state index is 5.35. The number of rotatable bonds is 1. The number of nitrogens with zero attached hydrogens (tertiary/aromatic N) is 1. The van der Waals surface area contributed by atoms with E-state index in [0.717, 1.165) is 29.7 Å². The molecule has 1 atom stereocenters. The van der Waals surface area contributed by atoms with Crippen molar-refractivity contribution in [1.29, 1.82) is 0 Å². The highest BCUT2D eigenvalue weighted by molar-refractivity contribution is 9.10. The second kappa shape index (κ2) is 4.76. The third kappa shape index (κ3) is 2.25. The molecule has 0 saturated carbocycles. The molecule has 0 aliphatic carbocycles. The smallest absolute Gasteiger partial charge is 0.133 e. The predicted molar refractivity (Wildman–Crippen MR) is 70.3 cm³/mol. The van der Waals surface area contributed by atoms with E-state index in [-0.39, 0.29) is 0 Å². The molecule has 1 aromatic carbocycles. The van der Waals surface area contributed by atoms with Gasteiger partial charge in [0.05, 0.1) is 11.6 Å². The third-order valence-electron chi connectivity index (χ3n) is 3.29. The predicted octanol–water partition coefficient (Wildman–Crippen LogP) is 3.05. The van der Waals surface area contributed by atoms with Crippen LogP contribution in [0.15, 0.2) is 16.6 Å². The highest BCUT2D eigenvalue weighted by atomic mass is 79.9. The van der Waals surface area contributed by atoms with E-state index in [2.05, 4.69) is 46.9 Å². The summed E-state index contributed by atoms with van der Waals surface area (Å²) in [6, 6.07) is 4.40. The van der Waals surface area contributed by atoms with Crippen molar-refractivity contribution in [2.24, 2.45) is 0 Å². The van der Waals surface area contributed by atoms with Gasteiger partial charge in [-0.1, -0.05) is 6.92 Å². The Bertz CT molecular complexity index is 392. The van der Waals surface area contributed by atoms with Crippen LogP contribution in [-0.2, 0) is 6.42 Å². The van der Waals surface area contributed by atoms with Crippen molar-refractivity contribution in [3.63, 3.8) is 0 Å². The van der Waals surface area contributed by atoms with Gasteiger partial charge in [-0.2, -0.15) is 0 Å². The van der Waals surface area contributed by atoms with E-state index in [1.165, 1.54) is 11.1 Å². The molecule has 0 aromatic heterocycles. The van der Waals surface area contributed by atoms with Crippen molar-refractivity contribution < 1.29 is 4.74 Å². The molecule has 3 heteroatoms. The van der Waals surface area contributed by atoms with E-state index in [1.54, 1.807) is 7.11 Å². The molecule has 0 fully saturated rings. The molecule has 1 aliphatic rings. The van der Waals surface area contributed by atoms with Gasteiger partial charge in [0.15, 0.2) is 0 Å². The minimum atomic E-state index is 0.588. The lowest BCUT2D eigenvalue weighted by Crippen LogP contribution is -2.22. The van der Waals surface area contributed by atoms with Crippen molar-refractivity contribution in [2.75, 3.05) is 27.2 Å². The summed E-state index contributed by atoms with van der Waals surface area (Å²) < 4.78 is 6.41. The van der Waals surface area contributed by atoms with E-state index < -0.39 is 0 Å². The van der Waals surface area contributed by atoms with Gasteiger partial charge in [0.2, 0.25) is 0 Å². The minimum Gasteiger partial charge on any atom is -0.496 e. The van der Waals surface area contributed by atoms with Crippen molar-refractivity contribution in [3.05, 3.63) is 27.7 Å². The summed E-state index contributed by atoms with van der Waals surface area (Å²) in [4.78, 5) is 2.39. The van der Waals surface area contributed by atoms with Crippen LogP contribution < -0.4 is 4.74 Å². The molecule has 1 aromatic rings. The number of hydrogen-bond donors (Lipinski definition) is 0. The molecule has 0 bridgehead atoms. The monoisotopic (exact) mass is 283 g/mol. The van der Waals surface area contributed by atoms with Gasteiger partial charge in [0, 0.05) is 13.1 Å². The molecule has 2 rings (SSSR count). The first-order valence-corrected chi connectivity index (χ1v) is 6.46. The normalized spacial score (nSPS) is 21.4. The average molecular weight is 284 g/mol. The molecule has 2 nitrogen and oxygen atoms in total. The Kier molecular flexibility index (Phi) is 3.55. The number of hydrogen-bond acceptors (Lipinski definition) is 2. The Morgan fingerprint density at radius 2 is 2.19 bits per heavy atom. The number of benzene rings is 1. The molecule has 88 valence electrons. The summed E-state index contributed by atoms with van der Waals surface area (Å²) >= 11 is 3.57. The van der Waals surface area contributed by atoms with Crippen molar-refractivity contribution >= 4 is 15.9 Å². The molecule has 1 aliphatic heterocycles. The molecule has 0 radical (unpaired) electrons. The highest BCUT2D eigenvalue weighted by Crippen LogP contribution is 2.34. The molecule has 16 heavy (non-hydrogen) atoms. The molecular weight excluding hydrogens is 266 g/mol. The van der Waals surface area contributed by atoms with Crippen LogP contribution >= 0.6 is 15.9 Å². The van der Waals surface area contributed by atoms with Crippen LogP contribution in [0.2, 0.25) is 0 Å². The van der Waals surface area contributed by atoms with Crippen LogP contribution in [0.4, 0.5) is 0 Å². The quantitative estimate of drug-likeness (QED) is 0.786. The van der Waals surface area contributed by atoms with Crippen molar-refractivity contribution in [1.82, 2.24) is 4.90 Å². The summed E-state index contributed by atoms with van der Waals surface area (Å²) in [5, 5.41) is 0. The van der Waals surface area contributed by atoms with Crippen LogP contribution in [-0.4, -0.2) is 32.1 Å². The van der Waals surface area contributed by atoms with E-state index in [4.69, 9.17) is 4.74 Å². The molecule has 0 spiro atoms. The van der Waals surface area contributed by atoms with Gasteiger partial charge < -0.3 is 9.64 Å². The fraction of sp³-hybridized carbons (Fsp3) is 0.538. The Labute approximate surface area is 106 Å². The topological polar surface area (TPSA) is 12.5 Å². The van der Waals surface area contributed by atoms with E-state index in [9.17, 15) is 0 Å². The maximum Gasteiger partial charge on any atom is 0.133 e. The van der Waals surface area contributed by atoms with Gasteiger partial charge in [0.25, 0.3) is 0 Å². The lowest BCUT2D eigenvalue weighted by atomic mass is 9.95. The van der Waals surface area contributed by atoms with E-state index in [0.29, 0.717) is 5.92 Å². The fourth-order valence-corrected chi connectivity index (χ4v) is 2.93. The van der Waals surface area contributed by atoms with Gasteiger partial charge in [-0.15, -0.1) is 0 Å². The van der Waals surface area contributed by atoms with Crippen molar-refractivity contribution in [3.8, 4) is 5.75 Å². The lowest BCUT2D eigenvalue weighted by molar-refractivity contribution is 0.332. The SMILES string of the molecule is COc1cc2c(cc1Br)C(C)CN(C)CC2. The van der Waals surface area contributed by atoms with Crippen LogP contribution in [0.3, 0.4) is 0 Å². The number of methoxy groups -OCH3 is 1. The summed E-state index contributed by atoms with van der Waals surface area (Å²) in [6.45, 7) is 4.55. The van der Waals surface area contributed by atoms with Gasteiger partial charge in [0.1, 0.15) is 5.75 Å². The van der Waals surface area contributed by atoms with Crippen LogP contribution in [0.1, 0.15) is 24.0 Å². The number of ether oxygens (including phenoxy) is 1. The average Bonchev–Trinajstić information content (AvgIpc) is 2.38. The Morgan fingerprint density at radius 1 is 1.44 bits per heavy atom. The maximum absolute atomic E-state index is 5.35. The Balaban J connectivity index is 2.43.